The lowest BCUT2D eigenvalue weighted by molar-refractivity contribution is 0.595. The fourth-order valence-electron chi connectivity index (χ4n) is 1.28. The molecular formula is C10H12FN3O2S. The van der Waals surface area contributed by atoms with Gasteiger partial charge in [0.05, 0.1) is 11.4 Å². The summed E-state index contributed by atoms with van der Waals surface area (Å²) >= 11 is 0. The van der Waals surface area contributed by atoms with E-state index >= 15 is 0 Å². The topological polar surface area (TPSA) is 96.0 Å². The Balaban J connectivity index is 2.59. The Morgan fingerprint density at radius 2 is 2.18 bits per heavy atom. The predicted octanol–water partition coefficient (Wildman–Crippen LogP) is 0.788. The van der Waals surface area contributed by atoms with Gasteiger partial charge in [0.2, 0.25) is 10.0 Å². The molecule has 0 saturated heterocycles. The minimum Gasteiger partial charge on any atom is -0.384 e. The van der Waals surface area contributed by atoms with E-state index < -0.39 is 15.8 Å². The molecule has 1 aromatic carbocycles. The molecule has 0 spiro atoms. The molecule has 1 aromatic rings. The number of nitrogens with zero attached hydrogens (tertiary/aromatic N) is 1. The van der Waals surface area contributed by atoms with E-state index in [1.54, 1.807) is 12.1 Å². The second kappa shape index (κ2) is 5.61. The van der Waals surface area contributed by atoms with Gasteiger partial charge in [0, 0.05) is 6.54 Å². The molecule has 1 rings (SSSR count). The fraction of sp³-hybridized carbons (Fsp3) is 0.300. The Hall–Kier alpha value is -1.65. The molecule has 0 amide bonds. The zero-order chi connectivity index (χ0) is 12.9. The first-order valence-electron chi connectivity index (χ1n) is 4.87. The van der Waals surface area contributed by atoms with Crippen molar-refractivity contribution >= 4 is 15.7 Å². The maximum atomic E-state index is 13.2. The summed E-state index contributed by atoms with van der Waals surface area (Å²) in [5, 5.41) is 16.4. The first-order chi connectivity index (χ1) is 7.94. The molecule has 0 saturated carbocycles. The minimum atomic E-state index is -3.48. The normalized spacial score (nSPS) is 10.9. The van der Waals surface area contributed by atoms with Gasteiger partial charge in [-0.05, 0) is 18.6 Å². The molecule has 0 bridgehead atoms. The van der Waals surface area contributed by atoms with E-state index in [2.05, 4.69) is 5.32 Å². The highest BCUT2D eigenvalue weighted by atomic mass is 32.2. The van der Waals surface area contributed by atoms with Gasteiger partial charge in [-0.1, -0.05) is 6.07 Å². The van der Waals surface area contributed by atoms with Crippen molar-refractivity contribution < 1.29 is 12.8 Å². The first-order valence-corrected chi connectivity index (χ1v) is 6.58. The van der Waals surface area contributed by atoms with Crippen LogP contribution in [0.25, 0.3) is 0 Å². The summed E-state index contributed by atoms with van der Waals surface area (Å²) in [5.41, 5.74) is 0.269. The van der Waals surface area contributed by atoms with E-state index in [0.717, 1.165) is 0 Å². The zero-order valence-electron chi connectivity index (χ0n) is 8.98. The molecule has 0 fully saturated rings. The maximum Gasteiger partial charge on any atom is 0.209 e. The van der Waals surface area contributed by atoms with E-state index in [-0.39, 0.29) is 11.3 Å². The van der Waals surface area contributed by atoms with E-state index in [1.165, 1.54) is 12.1 Å². The molecular weight excluding hydrogens is 245 g/mol. The van der Waals surface area contributed by atoms with Crippen molar-refractivity contribution in [2.75, 3.05) is 17.6 Å². The van der Waals surface area contributed by atoms with E-state index in [0.29, 0.717) is 18.7 Å². The molecule has 3 N–H and O–H groups in total. The molecule has 0 heterocycles. The first kappa shape index (κ1) is 13.4. The van der Waals surface area contributed by atoms with Crippen LogP contribution in [0.5, 0.6) is 0 Å². The summed E-state index contributed by atoms with van der Waals surface area (Å²) in [5.74, 6) is -0.763. The van der Waals surface area contributed by atoms with Crippen LogP contribution >= 0.6 is 0 Å². The standard InChI is InChI=1S/C10H12FN3O2S/c11-9-3-1-4-10(8(9)7-12)14-5-2-6-17(13,15)16/h1,3-4,14H,2,5-6H2,(H2,13,15,16). The third-order valence-corrected chi connectivity index (χ3v) is 2.90. The highest BCUT2D eigenvalue weighted by Crippen LogP contribution is 2.17. The van der Waals surface area contributed by atoms with Crippen LogP contribution in [0, 0.1) is 17.1 Å². The molecule has 92 valence electrons. The fourth-order valence-corrected chi connectivity index (χ4v) is 1.83. The summed E-state index contributed by atoms with van der Waals surface area (Å²) in [6.07, 6.45) is 0.292. The quantitative estimate of drug-likeness (QED) is 0.762. The van der Waals surface area contributed by atoms with Crippen molar-refractivity contribution in [3.63, 3.8) is 0 Å². The molecule has 0 unspecified atom stereocenters. The minimum absolute atomic E-state index is 0.0805. The number of anilines is 1. The van der Waals surface area contributed by atoms with Gasteiger partial charge in [-0.3, -0.25) is 0 Å². The number of halogens is 1. The number of sulfonamides is 1. The summed E-state index contributed by atoms with van der Waals surface area (Å²) < 4.78 is 34.5. The number of benzene rings is 1. The number of hydrogen-bond donors (Lipinski definition) is 2. The third kappa shape index (κ3) is 4.38. The van der Waals surface area contributed by atoms with Crippen LogP contribution in [0.1, 0.15) is 12.0 Å². The summed E-state index contributed by atoms with van der Waals surface area (Å²) in [7, 11) is -3.48. The van der Waals surface area contributed by atoms with Crippen molar-refractivity contribution in [2.45, 2.75) is 6.42 Å². The number of nitrogens with one attached hydrogen (secondary N) is 1. The lowest BCUT2D eigenvalue weighted by Gasteiger charge is -2.07. The van der Waals surface area contributed by atoms with Crippen LogP contribution in [0.3, 0.4) is 0 Å². The van der Waals surface area contributed by atoms with E-state index in [9.17, 15) is 12.8 Å². The Kier molecular flexibility index (Phi) is 4.43. The molecule has 0 aliphatic rings. The Morgan fingerprint density at radius 3 is 2.76 bits per heavy atom. The molecule has 0 atom stereocenters. The number of hydrogen-bond acceptors (Lipinski definition) is 4. The van der Waals surface area contributed by atoms with Crippen LogP contribution < -0.4 is 10.5 Å². The lowest BCUT2D eigenvalue weighted by atomic mass is 10.2. The van der Waals surface area contributed by atoms with Crippen molar-refractivity contribution in [3.05, 3.63) is 29.6 Å². The number of nitrogens with two attached hydrogens (primary N) is 1. The Morgan fingerprint density at radius 1 is 1.47 bits per heavy atom. The van der Waals surface area contributed by atoms with Crippen LogP contribution in [-0.4, -0.2) is 20.7 Å². The highest BCUT2D eigenvalue weighted by molar-refractivity contribution is 7.89. The van der Waals surface area contributed by atoms with Crippen LogP contribution in [0.15, 0.2) is 18.2 Å². The van der Waals surface area contributed by atoms with Crippen molar-refractivity contribution in [1.82, 2.24) is 0 Å². The Bertz CT molecular complexity index is 537. The second-order valence-corrected chi connectivity index (χ2v) is 5.16. The van der Waals surface area contributed by atoms with Gasteiger partial charge in [0.1, 0.15) is 17.4 Å². The molecule has 0 radical (unpaired) electrons. The van der Waals surface area contributed by atoms with Crippen molar-refractivity contribution in [1.29, 1.82) is 5.26 Å². The van der Waals surface area contributed by atoms with Gasteiger partial charge in [0.25, 0.3) is 0 Å². The number of rotatable bonds is 5. The van der Waals surface area contributed by atoms with Crippen LogP contribution in [0.4, 0.5) is 10.1 Å². The van der Waals surface area contributed by atoms with Crippen LogP contribution in [0.2, 0.25) is 0 Å². The van der Waals surface area contributed by atoms with Gasteiger partial charge in [0.15, 0.2) is 0 Å². The third-order valence-electron chi connectivity index (χ3n) is 2.05. The molecule has 0 aliphatic heterocycles. The Labute approximate surface area is 99.1 Å². The summed E-state index contributed by atoms with van der Waals surface area (Å²) in [4.78, 5) is 0. The van der Waals surface area contributed by atoms with Crippen LogP contribution in [-0.2, 0) is 10.0 Å². The van der Waals surface area contributed by atoms with Gasteiger partial charge in [-0.15, -0.1) is 0 Å². The SMILES string of the molecule is N#Cc1c(F)cccc1NCCCS(N)(=O)=O. The zero-order valence-corrected chi connectivity index (χ0v) is 9.80. The molecule has 17 heavy (non-hydrogen) atoms. The molecule has 7 heteroatoms. The average molecular weight is 257 g/mol. The lowest BCUT2D eigenvalue weighted by Crippen LogP contribution is -2.18. The summed E-state index contributed by atoms with van der Waals surface area (Å²) in [6.45, 7) is 0.300. The summed E-state index contributed by atoms with van der Waals surface area (Å²) in [6, 6.07) is 5.95. The van der Waals surface area contributed by atoms with Gasteiger partial charge < -0.3 is 5.32 Å². The van der Waals surface area contributed by atoms with E-state index in [1.807, 2.05) is 0 Å². The number of nitriles is 1. The van der Waals surface area contributed by atoms with Crippen molar-refractivity contribution in [3.8, 4) is 6.07 Å². The molecule has 0 aliphatic carbocycles. The smallest absolute Gasteiger partial charge is 0.209 e. The highest BCUT2D eigenvalue weighted by Gasteiger charge is 2.07. The number of primary sulfonamides is 1. The van der Waals surface area contributed by atoms with E-state index in [4.69, 9.17) is 10.4 Å². The monoisotopic (exact) mass is 257 g/mol. The maximum absolute atomic E-state index is 13.2. The predicted molar refractivity (Wildman–Crippen MR) is 62.2 cm³/mol. The largest absolute Gasteiger partial charge is 0.384 e. The van der Waals surface area contributed by atoms with Crippen molar-refractivity contribution in [2.24, 2.45) is 5.14 Å². The average Bonchev–Trinajstić information content (AvgIpc) is 2.23. The molecule has 0 aromatic heterocycles. The molecule has 5 nitrogen and oxygen atoms in total. The second-order valence-electron chi connectivity index (χ2n) is 3.42. The van der Waals surface area contributed by atoms with Gasteiger partial charge in [-0.2, -0.15) is 5.26 Å². The van der Waals surface area contributed by atoms with Gasteiger partial charge in [-0.25, -0.2) is 17.9 Å². The van der Waals surface area contributed by atoms with Gasteiger partial charge >= 0.3 is 0 Å².